The molecular weight excluding hydrogens is 174 g/mol. The van der Waals surface area contributed by atoms with Crippen molar-refractivity contribution < 1.29 is 0 Å². The lowest BCUT2D eigenvalue weighted by molar-refractivity contribution is 1.06. The first kappa shape index (κ1) is 7.57. The monoisotopic (exact) mass is 183 g/mol. The van der Waals surface area contributed by atoms with E-state index in [0.717, 1.165) is 11.3 Å². The minimum Gasteiger partial charge on any atom is -0.306 e. The molecule has 1 saturated carbocycles. The molecule has 68 valence electrons. The first-order valence-corrected chi connectivity index (χ1v) is 4.76. The maximum Gasteiger partial charge on any atom is 0.154 e. The Hall–Kier alpha value is -1.82. The van der Waals surface area contributed by atoms with E-state index in [1.165, 1.54) is 12.8 Å². The Bertz CT molecular complexity index is 529. The molecule has 0 aromatic carbocycles. The second-order valence-corrected chi connectivity index (χ2v) is 3.70. The zero-order valence-electron chi connectivity index (χ0n) is 7.64. The quantitative estimate of drug-likeness (QED) is 0.679. The Morgan fingerprint density at radius 3 is 3.07 bits per heavy atom. The van der Waals surface area contributed by atoms with Crippen molar-refractivity contribution in [3.8, 4) is 6.07 Å². The van der Waals surface area contributed by atoms with Gasteiger partial charge in [0.25, 0.3) is 0 Å². The molecule has 3 rings (SSSR count). The van der Waals surface area contributed by atoms with Crippen LogP contribution in [0.1, 0.15) is 30.0 Å². The van der Waals surface area contributed by atoms with Crippen molar-refractivity contribution in [1.29, 1.82) is 5.26 Å². The van der Waals surface area contributed by atoms with E-state index in [9.17, 15) is 0 Å². The van der Waals surface area contributed by atoms with Gasteiger partial charge in [0.1, 0.15) is 6.07 Å². The molecule has 0 bridgehead atoms. The van der Waals surface area contributed by atoms with E-state index in [4.69, 9.17) is 5.26 Å². The molecule has 0 radical (unpaired) electrons. The summed E-state index contributed by atoms with van der Waals surface area (Å²) < 4.78 is 1.94. The molecule has 2 heterocycles. The topological polar surface area (TPSA) is 41.1 Å². The van der Waals surface area contributed by atoms with Gasteiger partial charge < -0.3 is 4.40 Å². The number of hydrogen-bond acceptors (Lipinski definition) is 2. The Kier molecular flexibility index (Phi) is 1.40. The molecule has 3 heteroatoms. The first-order valence-electron chi connectivity index (χ1n) is 4.76. The maximum atomic E-state index is 8.90. The van der Waals surface area contributed by atoms with Crippen LogP contribution in [0.25, 0.3) is 5.65 Å². The van der Waals surface area contributed by atoms with Gasteiger partial charge in [-0.05, 0) is 25.0 Å². The number of pyridine rings is 1. The predicted molar refractivity (Wildman–Crippen MR) is 51.9 cm³/mol. The van der Waals surface area contributed by atoms with Crippen molar-refractivity contribution in [3.63, 3.8) is 0 Å². The van der Waals surface area contributed by atoms with Crippen LogP contribution in [0.15, 0.2) is 24.5 Å². The molecule has 0 unspecified atom stereocenters. The van der Waals surface area contributed by atoms with Gasteiger partial charge in [-0.25, -0.2) is 4.98 Å². The number of imidazole rings is 1. The number of nitriles is 1. The molecule has 2 aromatic heterocycles. The molecule has 3 nitrogen and oxygen atoms in total. The highest BCUT2D eigenvalue weighted by Crippen LogP contribution is 2.39. The average Bonchev–Trinajstić information content (AvgIpc) is 2.97. The molecule has 14 heavy (non-hydrogen) atoms. The average molecular weight is 183 g/mol. The lowest BCUT2D eigenvalue weighted by Crippen LogP contribution is -1.85. The molecule has 0 atom stereocenters. The van der Waals surface area contributed by atoms with E-state index in [1.807, 2.05) is 22.9 Å². The van der Waals surface area contributed by atoms with Gasteiger partial charge in [0.2, 0.25) is 0 Å². The van der Waals surface area contributed by atoms with Crippen LogP contribution < -0.4 is 0 Å². The summed E-state index contributed by atoms with van der Waals surface area (Å²) in [5.74, 6) is 0.640. The largest absolute Gasteiger partial charge is 0.306 e. The molecule has 0 amide bonds. The van der Waals surface area contributed by atoms with Crippen molar-refractivity contribution in [2.24, 2.45) is 0 Å². The van der Waals surface area contributed by atoms with E-state index in [1.54, 1.807) is 6.07 Å². The van der Waals surface area contributed by atoms with Crippen molar-refractivity contribution in [2.45, 2.75) is 18.8 Å². The van der Waals surface area contributed by atoms with E-state index in [-0.39, 0.29) is 0 Å². The highest BCUT2D eigenvalue weighted by Gasteiger charge is 2.26. The van der Waals surface area contributed by atoms with Crippen molar-refractivity contribution in [3.05, 3.63) is 35.8 Å². The zero-order chi connectivity index (χ0) is 9.54. The molecular formula is C11H9N3. The molecule has 0 spiro atoms. The minimum atomic E-state index is 0.640. The highest BCUT2D eigenvalue weighted by molar-refractivity contribution is 5.55. The Balaban J connectivity index is 2.27. The van der Waals surface area contributed by atoms with Crippen molar-refractivity contribution in [1.82, 2.24) is 9.38 Å². The molecule has 0 N–H and O–H groups in total. The number of fused-ring (bicyclic) bond motifs is 1. The Labute approximate surface area is 81.6 Å². The maximum absolute atomic E-state index is 8.90. The van der Waals surface area contributed by atoms with Gasteiger partial charge in [0, 0.05) is 18.3 Å². The summed E-state index contributed by atoms with van der Waals surface area (Å²) in [7, 11) is 0. The van der Waals surface area contributed by atoms with E-state index < -0.39 is 0 Å². The summed E-state index contributed by atoms with van der Waals surface area (Å²) in [6.07, 6.45) is 6.46. The number of rotatable bonds is 1. The van der Waals surface area contributed by atoms with Gasteiger partial charge >= 0.3 is 0 Å². The minimum absolute atomic E-state index is 0.640. The van der Waals surface area contributed by atoms with Gasteiger partial charge in [-0.2, -0.15) is 5.26 Å². The van der Waals surface area contributed by atoms with Gasteiger partial charge in [0.05, 0.1) is 11.3 Å². The van der Waals surface area contributed by atoms with Gasteiger partial charge in [0.15, 0.2) is 5.65 Å². The summed E-state index contributed by atoms with van der Waals surface area (Å²) in [6, 6.07) is 5.84. The number of aromatic nitrogens is 2. The van der Waals surface area contributed by atoms with Gasteiger partial charge in [-0.15, -0.1) is 0 Å². The lowest BCUT2D eigenvalue weighted by atomic mass is 10.3. The molecule has 0 aliphatic heterocycles. The fourth-order valence-corrected chi connectivity index (χ4v) is 1.70. The lowest BCUT2D eigenvalue weighted by Gasteiger charge is -1.91. The molecule has 1 fully saturated rings. The third-order valence-electron chi connectivity index (χ3n) is 2.62. The van der Waals surface area contributed by atoms with Crippen LogP contribution in [0.4, 0.5) is 0 Å². The van der Waals surface area contributed by atoms with Gasteiger partial charge in [-0.3, -0.25) is 0 Å². The zero-order valence-corrected chi connectivity index (χ0v) is 7.64. The van der Waals surface area contributed by atoms with Crippen LogP contribution in [0.3, 0.4) is 0 Å². The molecule has 1 aliphatic rings. The first-order chi connectivity index (χ1) is 6.88. The molecule has 2 aromatic rings. The summed E-state index contributed by atoms with van der Waals surface area (Å²) in [4.78, 5) is 4.49. The summed E-state index contributed by atoms with van der Waals surface area (Å²) in [6.45, 7) is 0. The Morgan fingerprint density at radius 1 is 1.50 bits per heavy atom. The summed E-state index contributed by atoms with van der Waals surface area (Å²) >= 11 is 0. The second-order valence-electron chi connectivity index (χ2n) is 3.70. The third kappa shape index (κ3) is 1.01. The van der Waals surface area contributed by atoms with Crippen molar-refractivity contribution in [2.75, 3.05) is 0 Å². The normalized spacial score (nSPS) is 15.6. The fraction of sp³-hybridized carbons (Fsp3) is 0.273. The van der Waals surface area contributed by atoms with Crippen molar-refractivity contribution >= 4 is 5.65 Å². The van der Waals surface area contributed by atoms with Crippen LogP contribution in [0, 0.1) is 11.3 Å². The summed E-state index contributed by atoms with van der Waals surface area (Å²) in [5.41, 5.74) is 2.57. The number of hydrogen-bond donors (Lipinski definition) is 0. The van der Waals surface area contributed by atoms with E-state index in [2.05, 4.69) is 11.1 Å². The smallest absolute Gasteiger partial charge is 0.154 e. The van der Waals surface area contributed by atoms with Crippen LogP contribution in [-0.4, -0.2) is 9.38 Å². The van der Waals surface area contributed by atoms with Crippen LogP contribution in [0.2, 0.25) is 0 Å². The van der Waals surface area contributed by atoms with E-state index in [0.29, 0.717) is 11.5 Å². The molecule has 1 aliphatic carbocycles. The highest BCUT2D eigenvalue weighted by atomic mass is 15.0. The Morgan fingerprint density at radius 2 is 2.36 bits per heavy atom. The van der Waals surface area contributed by atoms with E-state index >= 15 is 0 Å². The standard InChI is InChI=1S/C11H9N3/c12-6-9-2-1-5-14-7-10(8-3-4-8)13-11(9)14/h1-2,5,7-8H,3-4H2. The number of nitrogens with zero attached hydrogens (tertiary/aromatic N) is 3. The van der Waals surface area contributed by atoms with Crippen LogP contribution in [0.5, 0.6) is 0 Å². The van der Waals surface area contributed by atoms with Crippen LogP contribution in [-0.2, 0) is 0 Å². The summed E-state index contributed by atoms with van der Waals surface area (Å²) in [5, 5.41) is 8.90. The SMILES string of the molecule is N#Cc1cccn2cc(C3CC3)nc12. The predicted octanol–water partition coefficient (Wildman–Crippen LogP) is 2.08. The molecule has 0 saturated heterocycles. The van der Waals surface area contributed by atoms with Crippen LogP contribution >= 0.6 is 0 Å². The van der Waals surface area contributed by atoms with Gasteiger partial charge in [-0.1, -0.05) is 0 Å². The third-order valence-corrected chi connectivity index (χ3v) is 2.62. The fourth-order valence-electron chi connectivity index (χ4n) is 1.70. The second kappa shape index (κ2) is 2.58.